The first-order chi connectivity index (χ1) is 8.54. The van der Waals surface area contributed by atoms with Gasteiger partial charge in [0.25, 0.3) is 5.91 Å². The lowest BCUT2D eigenvalue weighted by Crippen LogP contribution is -2.40. The average molecular weight is 318 g/mol. The number of furan rings is 1. The fourth-order valence-electron chi connectivity index (χ4n) is 1.29. The fourth-order valence-corrected chi connectivity index (χ4v) is 1.59. The van der Waals surface area contributed by atoms with Crippen molar-refractivity contribution in [3.63, 3.8) is 0 Å². The number of rotatable bonds is 6. The summed E-state index contributed by atoms with van der Waals surface area (Å²) < 4.78 is 5.61. The van der Waals surface area contributed by atoms with Crippen LogP contribution in [0.3, 0.4) is 0 Å². The van der Waals surface area contributed by atoms with Crippen LogP contribution in [0.1, 0.15) is 10.6 Å². The van der Waals surface area contributed by atoms with Gasteiger partial charge in [0.1, 0.15) is 0 Å². The quantitative estimate of drug-likeness (QED) is 0.747. The van der Waals surface area contributed by atoms with Crippen LogP contribution in [-0.4, -0.2) is 50.4 Å². The summed E-state index contributed by atoms with van der Waals surface area (Å²) in [5.74, 6) is -0.330. The number of nitrogens with zero attached hydrogens (tertiary/aromatic N) is 1. The van der Waals surface area contributed by atoms with Crippen LogP contribution in [0.5, 0.6) is 0 Å². The van der Waals surface area contributed by atoms with Crippen LogP contribution in [0.15, 0.2) is 21.2 Å². The molecule has 1 aromatic rings. The van der Waals surface area contributed by atoms with E-state index in [4.69, 9.17) is 4.42 Å². The third-order valence-electron chi connectivity index (χ3n) is 2.21. The number of hydrogen-bond donors (Lipinski definition) is 2. The molecule has 2 N–H and O–H groups in total. The molecule has 7 heteroatoms. The van der Waals surface area contributed by atoms with E-state index < -0.39 is 0 Å². The molecule has 100 valence electrons. The van der Waals surface area contributed by atoms with Gasteiger partial charge >= 0.3 is 0 Å². The lowest BCUT2D eigenvalue weighted by molar-refractivity contribution is -0.121. The highest BCUT2D eigenvalue weighted by Crippen LogP contribution is 2.15. The Morgan fingerprint density at radius 3 is 2.67 bits per heavy atom. The molecule has 0 aliphatic rings. The standard InChI is InChI=1S/C11H16BrN3O3/c1-13-5-6-14-10(16)7-15(2)11(17)8-3-4-9(12)18-8/h3-4,13H,5-7H2,1-2H3,(H,14,16). The van der Waals surface area contributed by atoms with Crippen molar-refractivity contribution in [3.8, 4) is 0 Å². The second-order valence-corrected chi connectivity index (χ2v) is 4.50. The highest BCUT2D eigenvalue weighted by atomic mass is 79.9. The maximum Gasteiger partial charge on any atom is 0.289 e. The predicted octanol–water partition coefficient (Wildman–Crippen LogP) is 0.450. The lowest BCUT2D eigenvalue weighted by atomic mass is 10.4. The first-order valence-corrected chi connectivity index (χ1v) is 6.26. The summed E-state index contributed by atoms with van der Waals surface area (Å²) in [6.45, 7) is 1.22. The number of likely N-dealkylation sites (N-methyl/N-ethyl adjacent to an activating group) is 2. The van der Waals surface area contributed by atoms with Gasteiger partial charge in [-0.05, 0) is 35.1 Å². The molecule has 1 aromatic heterocycles. The van der Waals surface area contributed by atoms with Crippen molar-refractivity contribution in [1.29, 1.82) is 0 Å². The van der Waals surface area contributed by atoms with E-state index in [-0.39, 0.29) is 24.1 Å². The van der Waals surface area contributed by atoms with Crippen LogP contribution in [0.2, 0.25) is 0 Å². The van der Waals surface area contributed by atoms with E-state index in [1.807, 2.05) is 0 Å². The van der Waals surface area contributed by atoms with Crippen LogP contribution in [0.25, 0.3) is 0 Å². The predicted molar refractivity (Wildman–Crippen MR) is 70.3 cm³/mol. The molecule has 0 atom stereocenters. The molecule has 0 spiro atoms. The van der Waals surface area contributed by atoms with Gasteiger partial charge in [-0.3, -0.25) is 9.59 Å². The van der Waals surface area contributed by atoms with E-state index in [0.29, 0.717) is 17.8 Å². The number of amides is 2. The second-order valence-electron chi connectivity index (χ2n) is 3.72. The van der Waals surface area contributed by atoms with Crippen LogP contribution >= 0.6 is 15.9 Å². The van der Waals surface area contributed by atoms with E-state index in [9.17, 15) is 9.59 Å². The molecular weight excluding hydrogens is 302 g/mol. The number of carbonyl (C=O) groups is 2. The smallest absolute Gasteiger partial charge is 0.289 e. The Bertz CT molecular complexity index is 419. The molecule has 2 amide bonds. The Balaban J connectivity index is 2.42. The van der Waals surface area contributed by atoms with Crippen molar-refractivity contribution in [1.82, 2.24) is 15.5 Å². The fraction of sp³-hybridized carbons (Fsp3) is 0.455. The maximum atomic E-state index is 11.8. The highest BCUT2D eigenvalue weighted by molar-refractivity contribution is 9.10. The minimum Gasteiger partial charge on any atom is -0.444 e. The molecule has 0 aliphatic heterocycles. The summed E-state index contributed by atoms with van der Waals surface area (Å²) in [4.78, 5) is 24.6. The van der Waals surface area contributed by atoms with Gasteiger partial charge in [0.15, 0.2) is 10.4 Å². The van der Waals surface area contributed by atoms with Gasteiger partial charge in [0.2, 0.25) is 5.91 Å². The monoisotopic (exact) mass is 317 g/mol. The first-order valence-electron chi connectivity index (χ1n) is 5.46. The zero-order valence-corrected chi connectivity index (χ0v) is 11.9. The third kappa shape index (κ3) is 4.50. The average Bonchev–Trinajstić information content (AvgIpc) is 2.75. The zero-order chi connectivity index (χ0) is 13.5. The minimum atomic E-state index is -0.329. The topological polar surface area (TPSA) is 74.6 Å². The van der Waals surface area contributed by atoms with E-state index in [1.54, 1.807) is 26.2 Å². The SMILES string of the molecule is CNCCNC(=O)CN(C)C(=O)c1ccc(Br)o1. The molecule has 0 bridgehead atoms. The summed E-state index contributed by atoms with van der Waals surface area (Å²) in [5, 5.41) is 5.60. The van der Waals surface area contributed by atoms with Crippen LogP contribution in [-0.2, 0) is 4.79 Å². The number of halogens is 1. The Hall–Kier alpha value is -1.34. The van der Waals surface area contributed by atoms with Crippen LogP contribution in [0.4, 0.5) is 0 Å². The molecule has 0 radical (unpaired) electrons. The molecule has 1 rings (SSSR count). The van der Waals surface area contributed by atoms with Crippen molar-refractivity contribution in [2.75, 3.05) is 33.7 Å². The van der Waals surface area contributed by atoms with Crippen molar-refractivity contribution in [2.45, 2.75) is 0 Å². The van der Waals surface area contributed by atoms with Gasteiger partial charge in [-0.25, -0.2) is 0 Å². The molecule has 0 unspecified atom stereocenters. The van der Waals surface area contributed by atoms with Gasteiger partial charge < -0.3 is 20.0 Å². The van der Waals surface area contributed by atoms with Crippen LogP contribution in [0, 0.1) is 0 Å². The molecule has 0 saturated carbocycles. The van der Waals surface area contributed by atoms with Crippen molar-refractivity contribution < 1.29 is 14.0 Å². The highest BCUT2D eigenvalue weighted by Gasteiger charge is 2.17. The van der Waals surface area contributed by atoms with Gasteiger partial charge in [-0.1, -0.05) is 0 Å². The molecular formula is C11H16BrN3O3. The summed E-state index contributed by atoms with van der Waals surface area (Å²) in [6, 6.07) is 3.19. The van der Waals surface area contributed by atoms with E-state index in [1.165, 1.54) is 4.90 Å². The lowest BCUT2D eigenvalue weighted by Gasteiger charge is -2.15. The van der Waals surface area contributed by atoms with E-state index in [2.05, 4.69) is 26.6 Å². The summed E-state index contributed by atoms with van der Waals surface area (Å²) in [7, 11) is 3.35. The van der Waals surface area contributed by atoms with E-state index >= 15 is 0 Å². The largest absolute Gasteiger partial charge is 0.444 e. The Labute approximate surface area is 114 Å². The summed E-state index contributed by atoms with van der Waals surface area (Å²) in [5.41, 5.74) is 0. The molecule has 0 saturated heterocycles. The number of hydrogen-bond acceptors (Lipinski definition) is 4. The Morgan fingerprint density at radius 1 is 1.39 bits per heavy atom. The van der Waals surface area contributed by atoms with Crippen molar-refractivity contribution in [2.24, 2.45) is 0 Å². The third-order valence-corrected chi connectivity index (χ3v) is 2.63. The van der Waals surface area contributed by atoms with Gasteiger partial charge in [0.05, 0.1) is 6.54 Å². The molecule has 0 fully saturated rings. The van der Waals surface area contributed by atoms with Crippen molar-refractivity contribution >= 4 is 27.7 Å². The first kappa shape index (κ1) is 14.7. The molecule has 0 aromatic carbocycles. The maximum absolute atomic E-state index is 11.8. The molecule has 18 heavy (non-hydrogen) atoms. The Kier molecular flexibility index (Phi) is 5.87. The number of nitrogens with one attached hydrogen (secondary N) is 2. The Morgan fingerprint density at radius 2 is 2.11 bits per heavy atom. The minimum absolute atomic E-state index is 0.000860. The van der Waals surface area contributed by atoms with E-state index in [0.717, 1.165) is 0 Å². The number of carbonyl (C=O) groups excluding carboxylic acids is 2. The molecule has 1 heterocycles. The second kappa shape index (κ2) is 7.17. The van der Waals surface area contributed by atoms with Gasteiger partial charge in [0, 0.05) is 20.1 Å². The zero-order valence-electron chi connectivity index (χ0n) is 10.3. The van der Waals surface area contributed by atoms with Gasteiger partial charge in [-0.2, -0.15) is 0 Å². The molecule has 6 nitrogen and oxygen atoms in total. The molecule has 0 aliphatic carbocycles. The summed E-state index contributed by atoms with van der Waals surface area (Å²) >= 11 is 3.12. The van der Waals surface area contributed by atoms with Crippen molar-refractivity contribution in [3.05, 3.63) is 22.6 Å². The normalized spacial score (nSPS) is 10.2. The summed E-state index contributed by atoms with van der Waals surface area (Å²) in [6.07, 6.45) is 0. The van der Waals surface area contributed by atoms with Crippen LogP contribution < -0.4 is 10.6 Å². The van der Waals surface area contributed by atoms with Gasteiger partial charge in [-0.15, -0.1) is 0 Å².